The molecule has 2 atom stereocenters. The number of nitrogens with zero attached hydrogens (tertiary/aromatic N) is 1. The molecule has 1 saturated heterocycles. The number of hydrogen-bond donors (Lipinski definition) is 1. The van der Waals surface area contributed by atoms with Crippen LogP contribution in [0.5, 0.6) is 0 Å². The van der Waals surface area contributed by atoms with Crippen molar-refractivity contribution >= 4 is 5.91 Å². The predicted molar refractivity (Wildman–Crippen MR) is 75.4 cm³/mol. The summed E-state index contributed by atoms with van der Waals surface area (Å²) in [6.45, 7) is 5.56. The van der Waals surface area contributed by atoms with Crippen LogP contribution in [0.3, 0.4) is 0 Å². The van der Waals surface area contributed by atoms with Crippen molar-refractivity contribution in [2.24, 2.45) is 11.8 Å². The smallest absolute Gasteiger partial charge is 0.228 e. The second-order valence-electron chi connectivity index (χ2n) is 5.84. The van der Waals surface area contributed by atoms with E-state index in [0.717, 1.165) is 18.5 Å². The molecule has 3 heteroatoms. The zero-order valence-corrected chi connectivity index (χ0v) is 11.7. The molecular weight excluding hydrogens is 238 g/mol. The van der Waals surface area contributed by atoms with E-state index in [1.165, 1.54) is 0 Å². The average Bonchev–Trinajstić information content (AvgIpc) is 2.72. The zero-order valence-electron chi connectivity index (χ0n) is 11.7. The van der Waals surface area contributed by atoms with Crippen molar-refractivity contribution in [2.75, 3.05) is 6.54 Å². The topological polar surface area (TPSA) is 40.5 Å². The summed E-state index contributed by atoms with van der Waals surface area (Å²) in [7, 11) is 0. The van der Waals surface area contributed by atoms with Gasteiger partial charge in [-0.3, -0.25) is 4.79 Å². The summed E-state index contributed by atoms with van der Waals surface area (Å²) in [5.41, 5.74) is 1.15. The van der Waals surface area contributed by atoms with Crippen LogP contribution in [0.1, 0.15) is 32.3 Å². The highest BCUT2D eigenvalue weighted by atomic mass is 16.3. The van der Waals surface area contributed by atoms with E-state index in [-0.39, 0.29) is 11.8 Å². The van der Waals surface area contributed by atoms with Gasteiger partial charge >= 0.3 is 0 Å². The van der Waals surface area contributed by atoms with Crippen molar-refractivity contribution in [1.82, 2.24) is 4.90 Å². The number of carbonyl (C=O) groups is 1. The molecular formula is C16H23NO2. The molecule has 0 saturated carbocycles. The first-order chi connectivity index (χ1) is 9.08. The lowest BCUT2D eigenvalue weighted by Crippen LogP contribution is -2.32. The van der Waals surface area contributed by atoms with Crippen molar-refractivity contribution in [3.63, 3.8) is 0 Å². The third kappa shape index (κ3) is 3.57. The number of aliphatic hydroxyl groups is 1. The molecule has 1 N–H and O–H groups in total. The van der Waals surface area contributed by atoms with Crippen LogP contribution in [0, 0.1) is 11.8 Å². The van der Waals surface area contributed by atoms with Gasteiger partial charge in [-0.1, -0.05) is 44.2 Å². The van der Waals surface area contributed by atoms with E-state index >= 15 is 0 Å². The van der Waals surface area contributed by atoms with Crippen molar-refractivity contribution in [1.29, 1.82) is 0 Å². The van der Waals surface area contributed by atoms with Crippen molar-refractivity contribution in [3.05, 3.63) is 35.9 Å². The van der Waals surface area contributed by atoms with E-state index in [0.29, 0.717) is 18.9 Å². The Bertz CT molecular complexity index is 416. The number of aliphatic hydroxyl groups excluding tert-OH is 1. The molecule has 0 bridgehead atoms. The van der Waals surface area contributed by atoms with Crippen LogP contribution in [0.25, 0.3) is 0 Å². The first-order valence-corrected chi connectivity index (χ1v) is 7.08. The van der Waals surface area contributed by atoms with Gasteiger partial charge in [0.25, 0.3) is 0 Å². The van der Waals surface area contributed by atoms with Gasteiger partial charge in [0.1, 0.15) is 0 Å². The van der Waals surface area contributed by atoms with Gasteiger partial charge in [-0.15, -0.1) is 0 Å². The largest absolute Gasteiger partial charge is 0.392 e. The standard InChI is InChI=1S/C16H23NO2/c1-12(2)10-15(18)14-8-9-17(16(14)19)11-13-6-4-3-5-7-13/h3-7,12,14-15,18H,8-11H2,1-2H3/t14-,15+/m1/s1. The normalized spacial score (nSPS) is 21.2. The van der Waals surface area contributed by atoms with Crippen molar-refractivity contribution in [3.8, 4) is 0 Å². The molecule has 2 rings (SSSR count). The van der Waals surface area contributed by atoms with Gasteiger partial charge < -0.3 is 10.0 Å². The fourth-order valence-corrected chi connectivity index (χ4v) is 2.73. The SMILES string of the molecule is CC(C)C[C@H](O)[C@H]1CCN(Cc2ccccc2)C1=O. The van der Waals surface area contributed by atoms with Crippen molar-refractivity contribution < 1.29 is 9.90 Å². The van der Waals surface area contributed by atoms with Crippen molar-refractivity contribution in [2.45, 2.75) is 39.3 Å². The molecule has 3 nitrogen and oxygen atoms in total. The fraction of sp³-hybridized carbons (Fsp3) is 0.562. The third-order valence-corrected chi connectivity index (χ3v) is 3.73. The molecule has 1 aliphatic heterocycles. The summed E-state index contributed by atoms with van der Waals surface area (Å²) in [6.07, 6.45) is 0.989. The van der Waals surface area contributed by atoms with Gasteiger partial charge in [-0.05, 0) is 24.3 Å². The lowest BCUT2D eigenvalue weighted by molar-refractivity contribution is -0.134. The van der Waals surface area contributed by atoms with Gasteiger partial charge in [0.15, 0.2) is 0 Å². The van der Waals surface area contributed by atoms with Gasteiger partial charge in [-0.2, -0.15) is 0 Å². The number of benzene rings is 1. The average molecular weight is 261 g/mol. The van der Waals surface area contributed by atoms with Crippen LogP contribution in [-0.2, 0) is 11.3 Å². The summed E-state index contributed by atoms with van der Waals surface area (Å²) < 4.78 is 0. The minimum absolute atomic E-state index is 0.108. The van der Waals surface area contributed by atoms with Crippen LogP contribution in [0.2, 0.25) is 0 Å². The lowest BCUT2D eigenvalue weighted by Gasteiger charge is -2.20. The number of hydrogen-bond acceptors (Lipinski definition) is 2. The van der Waals surface area contributed by atoms with Gasteiger partial charge in [0.05, 0.1) is 12.0 Å². The molecule has 0 aromatic heterocycles. The minimum Gasteiger partial charge on any atom is -0.392 e. The molecule has 104 valence electrons. The Labute approximate surface area is 115 Å². The summed E-state index contributed by atoms with van der Waals surface area (Å²) in [6, 6.07) is 10.0. The van der Waals surface area contributed by atoms with Crippen LogP contribution >= 0.6 is 0 Å². The maximum Gasteiger partial charge on any atom is 0.228 e. The number of carbonyl (C=O) groups excluding carboxylic acids is 1. The van der Waals surface area contributed by atoms with E-state index in [1.54, 1.807) is 0 Å². The summed E-state index contributed by atoms with van der Waals surface area (Å²) >= 11 is 0. The maximum absolute atomic E-state index is 12.3. The minimum atomic E-state index is -0.492. The Morgan fingerprint density at radius 1 is 1.32 bits per heavy atom. The first-order valence-electron chi connectivity index (χ1n) is 7.08. The first kappa shape index (κ1) is 14.1. The summed E-state index contributed by atoms with van der Waals surface area (Å²) in [5, 5.41) is 10.1. The third-order valence-electron chi connectivity index (χ3n) is 3.73. The Morgan fingerprint density at radius 2 is 2.00 bits per heavy atom. The van der Waals surface area contributed by atoms with Gasteiger partial charge in [0.2, 0.25) is 5.91 Å². The lowest BCUT2D eigenvalue weighted by atomic mass is 9.93. The summed E-state index contributed by atoms with van der Waals surface area (Å²) in [5.74, 6) is 0.328. The highest BCUT2D eigenvalue weighted by molar-refractivity contribution is 5.81. The van der Waals surface area contributed by atoms with E-state index in [9.17, 15) is 9.90 Å². The Balaban J connectivity index is 1.94. The Morgan fingerprint density at radius 3 is 2.63 bits per heavy atom. The number of likely N-dealkylation sites (tertiary alicyclic amines) is 1. The molecule has 0 spiro atoms. The second kappa shape index (κ2) is 6.20. The monoisotopic (exact) mass is 261 g/mol. The Hall–Kier alpha value is -1.35. The van der Waals surface area contributed by atoms with Crippen LogP contribution in [0.4, 0.5) is 0 Å². The van der Waals surface area contributed by atoms with E-state index in [2.05, 4.69) is 13.8 Å². The molecule has 0 aliphatic carbocycles. The Kier molecular flexibility index (Phi) is 4.59. The number of amides is 1. The highest BCUT2D eigenvalue weighted by Crippen LogP contribution is 2.26. The van der Waals surface area contributed by atoms with E-state index in [4.69, 9.17) is 0 Å². The maximum atomic E-state index is 12.3. The van der Waals surface area contributed by atoms with Crippen LogP contribution < -0.4 is 0 Å². The molecule has 1 fully saturated rings. The van der Waals surface area contributed by atoms with Gasteiger partial charge in [0, 0.05) is 13.1 Å². The predicted octanol–water partition coefficient (Wildman–Crippen LogP) is 2.44. The quantitative estimate of drug-likeness (QED) is 0.884. The van der Waals surface area contributed by atoms with E-state index in [1.807, 2.05) is 35.2 Å². The molecule has 0 unspecified atom stereocenters. The molecule has 19 heavy (non-hydrogen) atoms. The van der Waals surface area contributed by atoms with Gasteiger partial charge in [-0.25, -0.2) is 0 Å². The highest BCUT2D eigenvalue weighted by Gasteiger charge is 2.36. The second-order valence-corrected chi connectivity index (χ2v) is 5.84. The molecule has 1 aliphatic rings. The molecule has 1 amide bonds. The number of rotatable bonds is 5. The van der Waals surface area contributed by atoms with Crippen LogP contribution in [-0.4, -0.2) is 28.6 Å². The fourth-order valence-electron chi connectivity index (χ4n) is 2.73. The molecule has 1 heterocycles. The molecule has 1 aromatic carbocycles. The molecule has 0 radical (unpaired) electrons. The van der Waals surface area contributed by atoms with E-state index < -0.39 is 6.10 Å². The van der Waals surface area contributed by atoms with Crippen LogP contribution in [0.15, 0.2) is 30.3 Å². The summed E-state index contributed by atoms with van der Waals surface area (Å²) in [4.78, 5) is 14.2. The molecule has 1 aromatic rings. The zero-order chi connectivity index (χ0) is 13.8.